The van der Waals surface area contributed by atoms with Gasteiger partial charge in [0.2, 0.25) is 5.91 Å². The van der Waals surface area contributed by atoms with Crippen molar-refractivity contribution in [1.29, 1.82) is 0 Å². The van der Waals surface area contributed by atoms with Gasteiger partial charge in [0.1, 0.15) is 0 Å². The molecule has 2 aromatic heterocycles. The summed E-state index contributed by atoms with van der Waals surface area (Å²) in [7, 11) is -4.32. The van der Waals surface area contributed by atoms with Crippen LogP contribution >= 0.6 is 11.3 Å². The summed E-state index contributed by atoms with van der Waals surface area (Å²) in [4.78, 5) is 26.4. The number of nitrogens with zero attached hydrogens (tertiary/aromatic N) is 2. The third-order valence-corrected chi connectivity index (χ3v) is 7.63. The molecule has 34 heavy (non-hydrogen) atoms. The van der Waals surface area contributed by atoms with Gasteiger partial charge in [-0.15, -0.1) is 0 Å². The Balaban J connectivity index is 1.88. The highest BCUT2D eigenvalue weighted by atomic mass is 32.2. The average molecular weight is 512 g/mol. The van der Waals surface area contributed by atoms with Crippen LogP contribution in [0.4, 0.5) is 18.3 Å². The van der Waals surface area contributed by atoms with Crippen molar-refractivity contribution in [2.24, 2.45) is 0 Å². The molecule has 0 saturated carbocycles. The number of anilines is 1. The fraction of sp³-hybridized carbons (Fsp3) is 0.190. The van der Waals surface area contributed by atoms with Gasteiger partial charge < -0.3 is 10.4 Å². The Kier molecular flexibility index (Phi) is 5.85. The maximum Gasteiger partial charge on any atom is 0.416 e. The summed E-state index contributed by atoms with van der Waals surface area (Å²) < 4.78 is 68.0. The number of carboxylic acid groups (broad SMARTS) is 1. The van der Waals surface area contributed by atoms with Gasteiger partial charge in [-0.1, -0.05) is 11.3 Å². The molecule has 0 spiro atoms. The summed E-state index contributed by atoms with van der Waals surface area (Å²) in [6.45, 7) is 1.31. The zero-order chi connectivity index (χ0) is 24.8. The van der Waals surface area contributed by atoms with E-state index in [1.54, 1.807) is 0 Å². The summed E-state index contributed by atoms with van der Waals surface area (Å²) in [5.41, 5.74) is -0.460. The molecule has 2 N–H and O–H groups in total. The Bertz CT molecular complexity index is 1560. The third kappa shape index (κ3) is 4.48. The SMILES string of the molecule is CC(=O)Nc1nc2ccc(S(=O)(=O)n3c(CCC(=O)O)cc4cc(C(F)(F)F)ccc43)cc2s1. The number of halogens is 3. The minimum Gasteiger partial charge on any atom is -0.481 e. The predicted molar refractivity (Wildman–Crippen MR) is 119 cm³/mol. The number of carbonyl (C=O) groups excluding carboxylic acids is 1. The quantitative estimate of drug-likeness (QED) is 0.394. The minimum atomic E-state index is -4.63. The first-order chi connectivity index (χ1) is 15.9. The van der Waals surface area contributed by atoms with E-state index < -0.39 is 34.2 Å². The highest BCUT2D eigenvalue weighted by Crippen LogP contribution is 2.35. The molecular weight excluding hydrogens is 495 g/mol. The van der Waals surface area contributed by atoms with Crippen LogP contribution in [0, 0.1) is 0 Å². The minimum absolute atomic E-state index is 0.00303. The number of hydrogen-bond donors (Lipinski definition) is 2. The number of aromatic nitrogens is 2. The standard InChI is InChI=1S/C21H16F3N3O5S2/c1-11(28)25-20-26-16-5-4-15(10-18(16)33-20)34(31,32)27-14(3-7-19(29)30)9-12-8-13(21(22,23)24)2-6-17(12)27/h2,4-6,8-10H,3,7H2,1H3,(H,29,30)(H,25,26,28). The second-order valence-electron chi connectivity index (χ2n) is 7.40. The molecule has 2 heterocycles. The summed E-state index contributed by atoms with van der Waals surface area (Å²) in [5, 5.41) is 11.9. The van der Waals surface area contributed by atoms with Gasteiger partial charge in [-0.25, -0.2) is 17.4 Å². The molecule has 0 bridgehead atoms. The van der Waals surface area contributed by atoms with Crippen molar-refractivity contribution in [2.75, 3.05) is 5.32 Å². The monoisotopic (exact) mass is 511 g/mol. The van der Waals surface area contributed by atoms with Crippen LogP contribution in [0.1, 0.15) is 24.6 Å². The molecule has 0 unspecified atom stereocenters. The average Bonchev–Trinajstić information content (AvgIpc) is 3.30. The molecule has 0 aliphatic heterocycles. The van der Waals surface area contributed by atoms with E-state index in [0.717, 1.165) is 33.5 Å². The second kappa shape index (κ2) is 8.40. The number of nitrogens with one attached hydrogen (secondary N) is 1. The number of aliphatic carboxylic acids is 1. The van der Waals surface area contributed by atoms with Gasteiger partial charge in [-0.3, -0.25) is 9.59 Å². The van der Waals surface area contributed by atoms with Crippen LogP contribution in [0.3, 0.4) is 0 Å². The zero-order valence-electron chi connectivity index (χ0n) is 17.4. The Labute approximate surface area is 194 Å². The Morgan fingerprint density at radius 2 is 1.88 bits per heavy atom. The first-order valence-corrected chi connectivity index (χ1v) is 12.0. The summed E-state index contributed by atoms with van der Waals surface area (Å²) in [6, 6.07) is 8.02. The molecule has 0 saturated heterocycles. The molecule has 13 heteroatoms. The van der Waals surface area contributed by atoms with Gasteiger partial charge in [0, 0.05) is 18.0 Å². The lowest BCUT2D eigenvalue weighted by molar-refractivity contribution is -0.138. The molecular formula is C21H16F3N3O5S2. The number of aryl methyl sites for hydroxylation is 1. The normalized spacial score (nSPS) is 12.4. The Hall–Kier alpha value is -3.45. The van der Waals surface area contributed by atoms with E-state index in [-0.39, 0.29) is 39.0 Å². The Morgan fingerprint density at radius 1 is 1.15 bits per heavy atom. The molecule has 4 aromatic rings. The van der Waals surface area contributed by atoms with Gasteiger partial charge in [-0.2, -0.15) is 13.2 Å². The first kappa shape index (κ1) is 23.7. The molecule has 178 valence electrons. The van der Waals surface area contributed by atoms with Crippen molar-refractivity contribution in [3.05, 3.63) is 53.7 Å². The van der Waals surface area contributed by atoms with Gasteiger partial charge in [0.25, 0.3) is 10.0 Å². The molecule has 4 rings (SSSR count). The lowest BCUT2D eigenvalue weighted by Gasteiger charge is -2.12. The second-order valence-corrected chi connectivity index (χ2v) is 10.2. The molecule has 0 fully saturated rings. The predicted octanol–water partition coefficient (Wildman–Crippen LogP) is 4.48. The van der Waals surface area contributed by atoms with Crippen molar-refractivity contribution < 1.29 is 36.3 Å². The number of thiazole rings is 1. The fourth-order valence-electron chi connectivity index (χ4n) is 3.49. The van der Waals surface area contributed by atoms with E-state index in [1.807, 2.05) is 0 Å². The lowest BCUT2D eigenvalue weighted by atomic mass is 10.1. The van der Waals surface area contributed by atoms with Crippen LogP contribution in [0.25, 0.3) is 21.1 Å². The van der Waals surface area contributed by atoms with Crippen LogP contribution in [0.5, 0.6) is 0 Å². The van der Waals surface area contributed by atoms with Crippen molar-refractivity contribution in [2.45, 2.75) is 30.8 Å². The van der Waals surface area contributed by atoms with Gasteiger partial charge >= 0.3 is 12.1 Å². The lowest BCUT2D eigenvalue weighted by Crippen LogP contribution is -2.16. The number of benzene rings is 2. The van der Waals surface area contributed by atoms with Crippen LogP contribution in [0.15, 0.2) is 47.4 Å². The Morgan fingerprint density at radius 3 is 2.53 bits per heavy atom. The summed E-state index contributed by atoms with van der Waals surface area (Å²) in [6.07, 6.45) is -5.24. The molecule has 0 atom stereocenters. The zero-order valence-corrected chi connectivity index (χ0v) is 19.0. The van der Waals surface area contributed by atoms with E-state index in [0.29, 0.717) is 10.2 Å². The number of hydrogen-bond acceptors (Lipinski definition) is 6. The van der Waals surface area contributed by atoms with E-state index >= 15 is 0 Å². The maximum atomic E-state index is 13.6. The fourth-order valence-corrected chi connectivity index (χ4v) is 6.11. The van der Waals surface area contributed by atoms with Crippen molar-refractivity contribution in [3.63, 3.8) is 0 Å². The van der Waals surface area contributed by atoms with Crippen LogP contribution in [-0.2, 0) is 32.2 Å². The third-order valence-electron chi connectivity index (χ3n) is 4.93. The van der Waals surface area contributed by atoms with Crippen LogP contribution in [-0.4, -0.2) is 34.4 Å². The number of alkyl halides is 3. The maximum absolute atomic E-state index is 13.6. The molecule has 8 nitrogen and oxygen atoms in total. The first-order valence-electron chi connectivity index (χ1n) is 9.73. The van der Waals surface area contributed by atoms with Gasteiger partial charge in [-0.05, 0) is 48.9 Å². The number of carbonyl (C=O) groups is 2. The van der Waals surface area contributed by atoms with Crippen molar-refractivity contribution >= 4 is 59.5 Å². The molecule has 2 aromatic carbocycles. The number of amides is 1. The summed E-state index contributed by atoms with van der Waals surface area (Å²) in [5.74, 6) is -1.52. The van der Waals surface area contributed by atoms with E-state index in [1.165, 1.54) is 31.2 Å². The molecule has 0 radical (unpaired) electrons. The topological polar surface area (TPSA) is 118 Å². The van der Waals surface area contributed by atoms with E-state index in [2.05, 4.69) is 10.3 Å². The van der Waals surface area contributed by atoms with Crippen LogP contribution < -0.4 is 5.32 Å². The number of carboxylic acids is 1. The smallest absolute Gasteiger partial charge is 0.416 e. The van der Waals surface area contributed by atoms with E-state index in [9.17, 15) is 31.2 Å². The van der Waals surface area contributed by atoms with Gasteiger partial charge in [0.05, 0.1) is 32.6 Å². The van der Waals surface area contributed by atoms with Crippen molar-refractivity contribution in [3.8, 4) is 0 Å². The van der Waals surface area contributed by atoms with Gasteiger partial charge in [0.15, 0.2) is 5.13 Å². The highest BCUT2D eigenvalue weighted by Gasteiger charge is 2.32. The van der Waals surface area contributed by atoms with Crippen molar-refractivity contribution in [1.82, 2.24) is 8.96 Å². The largest absolute Gasteiger partial charge is 0.481 e. The van der Waals surface area contributed by atoms with E-state index in [4.69, 9.17) is 5.11 Å². The molecule has 1 amide bonds. The van der Waals surface area contributed by atoms with Crippen LogP contribution in [0.2, 0.25) is 0 Å². The number of rotatable bonds is 6. The number of fused-ring (bicyclic) bond motifs is 2. The molecule has 0 aliphatic carbocycles. The molecule has 0 aliphatic rings. The summed E-state index contributed by atoms with van der Waals surface area (Å²) >= 11 is 1.06. The highest BCUT2D eigenvalue weighted by molar-refractivity contribution is 7.90.